The minimum Gasteiger partial charge on any atom is -0.508 e. The van der Waals surface area contributed by atoms with E-state index in [2.05, 4.69) is 110 Å². The van der Waals surface area contributed by atoms with E-state index >= 15 is 0 Å². The minimum atomic E-state index is -2.01. The summed E-state index contributed by atoms with van der Waals surface area (Å²) in [6.45, 7) is 13.7. The van der Waals surface area contributed by atoms with E-state index in [1.54, 1.807) is 41.5 Å². The van der Waals surface area contributed by atoms with Crippen LogP contribution in [0, 0.1) is 28.6 Å². The van der Waals surface area contributed by atoms with Crippen molar-refractivity contribution in [3.05, 3.63) is 59.7 Å². The van der Waals surface area contributed by atoms with Crippen molar-refractivity contribution in [2.75, 3.05) is 45.0 Å². The van der Waals surface area contributed by atoms with Crippen LogP contribution >= 0.6 is 25.3 Å². The van der Waals surface area contributed by atoms with Crippen LogP contribution in [0.15, 0.2) is 48.5 Å². The topological polar surface area (TPSA) is 837 Å². The molecule has 0 aliphatic carbocycles. The van der Waals surface area contributed by atoms with Crippen molar-refractivity contribution in [1.82, 2.24) is 90.0 Å². The SMILES string of the molecule is CC[C@H](C)[C@H](NC(=O)[C@@H](CCN)NC(=O)[C@@H](NC(=O)[C@H](CCN)NC(=O)[C@H](CCCNC(=N)N)NC(=O)[C@H](CC(N)=O)NC(=O)[C@@H](NC(=O)[C@H](Cc1ccc(O)cc1)NC(=O)[C@@H](NC(=O)[C@@H](NC(=O)[C@@H]1C[C@@H](O)CN1C(=O)[C@@H](N)C(C)C)[C@@H](C)CC)[C@@H](C)O)C(C)(C)S)[C@@H](C)O)C(=O)N[C@@H](CS)C(=O)N[C@@H](CCN)C(=O)N[C@@H](CCCNC(=N)N)C(=O)N[C@@H](Cc1ccc(O)cc1)C(=O)O. The second kappa shape index (κ2) is 57.7. The second-order valence-electron chi connectivity index (χ2n) is 34.1. The summed E-state index contributed by atoms with van der Waals surface area (Å²) in [6, 6.07) is -15.0. The first kappa shape index (κ1) is 117. The van der Waals surface area contributed by atoms with Gasteiger partial charge in [0.2, 0.25) is 94.5 Å². The number of aliphatic hydroxyl groups is 3. The van der Waals surface area contributed by atoms with E-state index in [1.807, 2.05) is 0 Å². The van der Waals surface area contributed by atoms with Gasteiger partial charge in [0.05, 0.1) is 30.8 Å². The Balaban J connectivity index is 1.92. The molecule has 1 heterocycles. The molecule has 0 spiro atoms. The second-order valence-corrected chi connectivity index (χ2v) is 35.7. The van der Waals surface area contributed by atoms with E-state index in [0.29, 0.717) is 5.56 Å². The van der Waals surface area contributed by atoms with Crippen molar-refractivity contribution in [3.63, 3.8) is 0 Å². The molecular formula is C84H140N26O23S2. The molecule has 0 unspecified atom stereocenters. The van der Waals surface area contributed by atoms with Crippen LogP contribution in [0.1, 0.15) is 151 Å². The van der Waals surface area contributed by atoms with Crippen molar-refractivity contribution in [1.29, 1.82) is 10.8 Å². The summed E-state index contributed by atoms with van der Waals surface area (Å²) in [5, 5.41) is 118. The molecule has 0 aromatic heterocycles. The maximum Gasteiger partial charge on any atom is 0.326 e. The molecule has 1 aliphatic heterocycles. The van der Waals surface area contributed by atoms with Crippen LogP contribution in [0.2, 0.25) is 0 Å². The van der Waals surface area contributed by atoms with Crippen molar-refractivity contribution < 1.29 is 112 Å². The molecule has 3 rings (SSSR count). The highest BCUT2D eigenvalue weighted by Gasteiger charge is 2.46. The monoisotopic (exact) mass is 1950 g/mol. The number of β-amino-alcohol motifs (C(OH)–C–C–N with tert-alkyl or cyclic N) is 1. The molecule has 0 saturated carbocycles. The van der Waals surface area contributed by atoms with Crippen molar-refractivity contribution in [2.24, 2.45) is 57.9 Å². The van der Waals surface area contributed by atoms with E-state index in [4.69, 9.17) is 51.0 Å². The van der Waals surface area contributed by atoms with Gasteiger partial charge in [0.1, 0.15) is 102 Å². The molecule has 0 radical (unpaired) electrons. The highest BCUT2D eigenvalue weighted by atomic mass is 32.1. The Hall–Kier alpha value is -12.0. The Morgan fingerprint density at radius 1 is 0.459 bits per heavy atom. The number of nitrogens with one attached hydrogen (secondary N) is 18. The third kappa shape index (κ3) is 39.5. The van der Waals surface area contributed by atoms with Gasteiger partial charge in [-0.05, 0) is 145 Å². The number of guanidine groups is 2. The molecule has 756 valence electrons. The number of amides is 16. The molecule has 0 bridgehead atoms. The molecule has 21 atom stereocenters. The number of benzene rings is 2. The molecule has 38 N–H and O–H groups in total. The summed E-state index contributed by atoms with van der Waals surface area (Å²) in [7, 11) is 0. The van der Waals surface area contributed by atoms with Gasteiger partial charge < -0.3 is 161 Å². The number of phenolic OH excluding ortho intramolecular Hbond substituents is 2. The number of nitrogens with two attached hydrogens (primary N) is 7. The van der Waals surface area contributed by atoms with Crippen molar-refractivity contribution >= 4 is 138 Å². The van der Waals surface area contributed by atoms with Gasteiger partial charge in [-0.3, -0.25) is 87.5 Å². The maximum absolute atomic E-state index is 14.8. The van der Waals surface area contributed by atoms with E-state index < -0.39 is 269 Å². The summed E-state index contributed by atoms with van der Waals surface area (Å²) in [4.78, 5) is 241. The smallest absolute Gasteiger partial charge is 0.326 e. The number of nitrogens with zero attached hydrogens (tertiary/aromatic N) is 1. The molecule has 49 nitrogen and oxygen atoms in total. The Bertz CT molecular complexity index is 4360. The average molecular weight is 1950 g/mol. The highest BCUT2D eigenvalue weighted by Crippen LogP contribution is 2.24. The van der Waals surface area contributed by atoms with Gasteiger partial charge in [0.15, 0.2) is 11.9 Å². The van der Waals surface area contributed by atoms with Gasteiger partial charge in [0.25, 0.3) is 0 Å². The number of phenols is 2. The number of primary amides is 1. The third-order valence-electron chi connectivity index (χ3n) is 22.2. The van der Waals surface area contributed by atoms with Crippen molar-refractivity contribution in [2.45, 2.75) is 272 Å². The molecule has 1 saturated heterocycles. The van der Waals surface area contributed by atoms with Gasteiger partial charge >= 0.3 is 5.97 Å². The number of hydrogen-bond donors (Lipinski definition) is 33. The maximum atomic E-state index is 14.8. The van der Waals surface area contributed by atoms with Gasteiger partial charge in [-0.15, -0.1) is 0 Å². The predicted octanol–water partition coefficient (Wildman–Crippen LogP) is -9.36. The number of likely N-dealkylation sites (tertiary alicyclic amines) is 1. The van der Waals surface area contributed by atoms with E-state index in [-0.39, 0.29) is 126 Å². The number of hydrogen-bond acceptors (Lipinski definition) is 30. The zero-order valence-corrected chi connectivity index (χ0v) is 79.3. The van der Waals surface area contributed by atoms with Crippen LogP contribution in [-0.2, 0) is 94.3 Å². The molecule has 135 heavy (non-hydrogen) atoms. The van der Waals surface area contributed by atoms with Gasteiger partial charge in [-0.25, -0.2) is 4.79 Å². The standard InChI is InChI=1S/C84H140N26O23S2/c1-11-40(5)61(75(126)104-57(38-134)73(124)99-51(25-28-85)68(119)96-50(16-14-32-95-83(92)93)67(118)103-56(81(132)133)34-45-19-23-47(114)24-20-45)105-69(120)53(27-30-87)100-77(128)63(42(7)111)107-70(121)52(26-29-86)98-66(117)49(15-13-31-94-82(90)91)97-71(122)55(36-59(88)116)102-79(130)65(84(9,10)135)109-72(123)54(33-44-17-21-46(113)22-18-44)101-78(129)64(43(8)112)108-76(127)62(41(6)12-2)106-74(125)58-35-48(115)37-110(58)80(131)60(89)39(3)4/h17-24,39-43,48-58,60-65,111-115,134-135H,11-16,25-38,85-87,89H2,1-10H3,(H2,88,116)(H,96,119)(H,97,122)(H,98,117)(H,99,124)(H,100,128)(H,101,129)(H,102,130)(H,103,118)(H,104,126)(H,105,120)(H,106,125)(H,107,121)(H,108,127)(H,109,123)(H,132,133)(H4,90,91,94)(H4,92,93,95)/t40-,41-,42+,43+,48+,49-,50-,51-,52-,53+,54-,55-,56-,57-,58-,60-,61-,62-,63-,64-,65+/m0/s1. The van der Waals surface area contributed by atoms with Gasteiger partial charge in [0, 0.05) is 49.4 Å². The molecule has 2 aromatic rings. The number of carbonyl (C=O) groups excluding carboxylic acids is 16. The fourth-order valence-corrected chi connectivity index (χ4v) is 14.3. The lowest BCUT2D eigenvalue weighted by atomic mass is 9.96. The number of aliphatic hydroxyl groups excluding tert-OH is 3. The Morgan fingerprint density at radius 2 is 0.785 bits per heavy atom. The van der Waals surface area contributed by atoms with E-state index in [1.165, 1.54) is 62.4 Å². The number of rotatable bonds is 59. The number of carboxylic acids is 1. The Labute approximate surface area is 793 Å². The lowest BCUT2D eigenvalue weighted by Gasteiger charge is -2.33. The summed E-state index contributed by atoms with van der Waals surface area (Å²) >= 11 is 8.86. The summed E-state index contributed by atoms with van der Waals surface area (Å²) < 4.78 is -1.65. The first-order valence-electron chi connectivity index (χ1n) is 44.3. The number of aliphatic carboxylic acids is 1. The number of thiol groups is 2. The highest BCUT2D eigenvalue weighted by molar-refractivity contribution is 7.81. The van der Waals surface area contributed by atoms with Gasteiger partial charge in [-0.2, -0.15) is 25.3 Å². The lowest BCUT2D eigenvalue weighted by Crippen LogP contribution is -2.64. The normalized spacial score (nSPS) is 17.3. The first-order chi connectivity index (χ1) is 63.3. The summed E-state index contributed by atoms with van der Waals surface area (Å²) in [5.74, 6) is -21.8. The Kier molecular flexibility index (Phi) is 50.0. The van der Waals surface area contributed by atoms with Crippen LogP contribution in [0.5, 0.6) is 11.5 Å². The average Bonchev–Trinajstić information content (AvgIpc) is 1.59. The number of carbonyl (C=O) groups is 17. The van der Waals surface area contributed by atoms with Crippen LogP contribution in [0.25, 0.3) is 0 Å². The van der Waals surface area contributed by atoms with E-state index in [0.717, 1.165) is 18.7 Å². The first-order valence-corrected chi connectivity index (χ1v) is 45.4. The fraction of sp³-hybridized carbons (Fsp3) is 0.631. The Morgan fingerprint density at radius 3 is 1.16 bits per heavy atom. The fourth-order valence-electron chi connectivity index (χ4n) is 13.9. The molecule has 51 heteroatoms. The zero-order valence-electron chi connectivity index (χ0n) is 77.5. The molecule has 1 fully saturated rings. The van der Waals surface area contributed by atoms with Crippen molar-refractivity contribution in [3.8, 4) is 11.5 Å². The van der Waals surface area contributed by atoms with Crippen LogP contribution in [0.4, 0.5) is 0 Å². The lowest BCUT2D eigenvalue weighted by molar-refractivity contribution is -0.142. The van der Waals surface area contributed by atoms with Crippen LogP contribution in [-0.4, -0.2) is 313 Å². The van der Waals surface area contributed by atoms with E-state index in [9.17, 15) is 112 Å². The van der Waals surface area contributed by atoms with Gasteiger partial charge in [-0.1, -0.05) is 78.6 Å². The quantitative estimate of drug-likeness (QED) is 0.0127. The molecule has 2 aromatic carbocycles. The number of carboxylic acid groups (broad SMARTS) is 1. The molecule has 16 amide bonds. The van der Waals surface area contributed by atoms with Crippen LogP contribution < -0.4 is 125 Å². The van der Waals surface area contributed by atoms with Crippen LogP contribution in [0.3, 0.4) is 0 Å². The molecule has 1 aliphatic rings. The third-order valence-corrected chi connectivity index (χ3v) is 22.8. The summed E-state index contributed by atoms with van der Waals surface area (Å²) in [6.07, 6.45) is -7.54. The largest absolute Gasteiger partial charge is 0.508 e. The summed E-state index contributed by atoms with van der Waals surface area (Å²) in [5.41, 5.74) is 41.2. The number of aromatic hydroxyl groups is 2. The predicted molar refractivity (Wildman–Crippen MR) is 500 cm³/mol. The zero-order chi connectivity index (χ0) is 102. The minimum absolute atomic E-state index is 0.0447. The molecular weight excluding hydrogens is 1810 g/mol.